The standard InChI is InChI=1S/C8H18N2O/c1-7-5-11-6-8(9-7)4-10(2)3/h7-9H,4-6H2,1-3H3/t7?,8-/m0/s1. The van der Waals surface area contributed by atoms with Crippen molar-refractivity contribution in [2.45, 2.75) is 19.0 Å². The Hall–Kier alpha value is -0.120. The summed E-state index contributed by atoms with van der Waals surface area (Å²) >= 11 is 0. The molecule has 0 radical (unpaired) electrons. The number of hydrogen-bond donors (Lipinski definition) is 1. The third-order valence-electron chi connectivity index (χ3n) is 1.79. The first-order valence-corrected chi connectivity index (χ1v) is 4.17. The molecule has 0 aliphatic carbocycles. The normalized spacial score (nSPS) is 32.7. The lowest BCUT2D eigenvalue weighted by atomic mass is 10.2. The van der Waals surface area contributed by atoms with Gasteiger partial charge in [-0.25, -0.2) is 0 Å². The van der Waals surface area contributed by atoms with Crippen LogP contribution >= 0.6 is 0 Å². The molecule has 0 saturated carbocycles. The predicted molar refractivity (Wildman–Crippen MR) is 45.8 cm³/mol. The number of nitrogens with zero attached hydrogens (tertiary/aromatic N) is 1. The zero-order chi connectivity index (χ0) is 8.27. The van der Waals surface area contributed by atoms with Gasteiger partial charge in [-0.1, -0.05) is 0 Å². The lowest BCUT2D eigenvalue weighted by molar-refractivity contribution is 0.0430. The van der Waals surface area contributed by atoms with Gasteiger partial charge in [-0.3, -0.25) is 0 Å². The minimum Gasteiger partial charge on any atom is -0.378 e. The van der Waals surface area contributed by atoms with Crippen LogP contribution in [0.15, 0.2) is 0 Å². The van der Waals surface area contributed by atoms with Gasteiger partial charge in [0, 0.05) is 18.6 Å². The molecule has 1 saturated heterocycles. The summed E-state index contributed by atoms with van der Waals surface area (Å²) in [6.07, 6.45) is 0. The van der Waals surface area contributed by atoms with Crippen LogP contribution in [-0.4, -0.2) is 50.8 Å². The zero-order valence-corrected chi connectivity index (χ0v) is 7.63. The van der Waals surface area contributed by atoms with Gasteiger partial charge in [-0.2, -0.15) is 0 Å². The molecule has 1 N–H and O–H groups in total. The first-order valence-electron chi connectivity index (χ1n) is 4.17. The van der Waals surface area contributed by atoms with Gasteiger partial charge in [0.2, 0.25) is 0 Å². The number of hydrogen-bond acceptors (Lipinski definition) is 3. The predicted octanol–water partition coefficient (Wildman–Crippen LogP) is -0.0751. The fourth-order valence-corrected chi connectivity index (χ4v) is 1.43. The molecule has 0 aromatic carbocycles. The Morgan fingerprint density at radius 3 is 2.73 bits per heavy atom. The monoisotopic (exact) mass is 158 g/mol. The summed E-state index contributed by atoms with van der Waals surface area (Å²) in [5.41, 5.74) is 0. The van der Waals surface area contributed by atoms with Gasteiger partial charge in [0.1, 0.15) is 0 Å². The minimum atomic E-state index is 0.508. The molecule has 0 bridgehead atoms. The smallest absolute Gasteiger partial charge is 0.0633 e. The highest BCUT2D eigenvalue weighted by Gasteiger charge is 2.17. The fourth-order valence-electron chi connectivity index (χ4n) is 1.43. The van der Waals surface area contributed by atoms with Crippen LogP contribution in [0.1, 0.15) is 6.92 Å². The zero-order valence-electron chi connectivity index (χ0n) is 7.63. The maximum atomic E-state index is 5.41. The van der Waals surface area contributed by atoms with Gasteiger partial charge >= 0.3 is 0 Å². The molecule has 1 unspecified atom stereocenters. The number of rotatable bonds is 2. The van der Waals surface area contributed by atoms with Crippen molar-refractivity contribution in [2.75, 3.05) is 33.9 Å². The van der Waals surface area contributed by atoms with Crippen molar-refractivity contribution in [1.29, 1.82) is 0 Å². The molecular formula is C8H18N2O. The quantitative estimate of drug-likeness (QED) is 0.608. The molecule has 1 fully saturated rings. The molecule has 11 heavy (non-hydrogen) atoms. The molecule has 1 aliphatic heterocycles. The maximum Gasteiger partial charge on any atom is 0.0633 e. The summed E-state index contributed by atoms with van der Waals surface area (Å²) in [5, 5.41) is 3.48. The van der Waals surface area contributed by atoms with E-state index in [1.165, 1.54) is 0 Å². The van der Waals surface area contributed by atoms with Gasteiger partial charge in [0.15, 0.2) is 0 Å². The van der Waals surface area contributed by atoms with Crippen LogP contribution in [0.3, 0.4) is 0 Å². The summed E-state index contributed by atoms with van der Waals surface area (Å²) in [4.78, 5) is 2.18. The average molecular weight is 158 g/mol. The number of morpholine rings is 1. The Morgan fingerprint density at radius 1 is 1.45 bits per heavy atom. The fraction of sp³-hybridized carbons (Fsp3) is 1.00. The largest absolute Gasteiger partial charge is 0.378 e. The van der Waals surface area contributed by atoms with Crippen molar-refractivity contribution in [3.63, 3.8) is 0 Å². The SMILES string of the molecule is CC1COC[C@H](CN(C)C)N1. The van der Waals surface area contributed by atoms with E-state index in [0.717, 1.165) is 19.8 Å². The summed E-state index contributed by atoms with van der Waals surface area (Å²) in [5.74, 6) is 0. The van der Waals surface area contributed by atoms with Crippen LogP contribution in [0, 0.1) is 0 Å². The van der Waals surface area contributed by atoms with E-state index in [1.54, 1.807) is 0 Å². The van der Waals surface area contributed by atoms with Gasteiger partial charge in [-0.15, -0.1) is 0 Å². The van der Waals surface area contributed by atoms with Crippen molar-refractivity contribution >= 4 is 0 Å². The van der Waals surface area contributed by atoms with Crippen molar-refractivity contribution in [1.82, 2.24) is 10.2 Å². The average Bonchev–Trinajstić information content (AvgIpc) is 1.85. The molecular weight excluding hydrogens is 140 g/mol. The maximum absolute atomic E-state index is 5.41. The molecule has 0 aromatic rings. The second-order valence-electron chi connectivity index (χ2n) is 3.56. The summed E-state index contributed by atoms with van der Waals surface area (Å²) in [6, 6.07) is 1.02. The topological polar surface area (TPSA) is 24.5 Å². The Bertz CT molecular complexity index is 115. The number of ether oxygens (including phenoxy) is 1. The van der Waals surface area contributed by atoms with Crippen molar-refractivity contribution in [2.24, 2.45) is 0 Å². The van der Waals surface area contributed by atoms with Crippen LogP contribution < -0.4 is 5.32 Å². The Kier molecular flexibility index (Phi) is 3.30. The molecule has 3 heteroatoms. The van der Waals surface area contributed by atoms with Crippen LogP contribution in [0.25, 0.3) is 0 Å². The summed E-state index contributed by atoms with van der Waals surface area (Å²) < 4.78 is 5.41. The lowest BCUT2D eigenvalue weighted by Gasteiger charge is -2.30. The Balaban J connectivity index is 2.23. The van der Waals surface area contributed by atoms with E-state index in [1.807, 2.05) is 0 Å². The van der Waals surface area contributed by atoms with Gasteiger partial charge in [0.25, 0.3) is 0 Å². The molecule has 1 rings (SSSR count). The highest BCUT2D eigenvalue weighted by atomic mass is 16.5. The molecule has 66 valence electrons. The lowest BCUT2D eigenvalue weighted by Crippen LogP contribution is -2.51. The Morgan fingerprint density at radius 2 is 2.18 bits per heavy atom. The highest BCUT2D eigenvalue weighted by Crippen LogP contribution is 1.99. The first-order chi connectivity index (χ1) is 5.18. The molecule has 0 spiro atoms. The molecule has 2 atom stereocenters. The van der Waals surface area contributed by atoms with Crippen molar-refractivity contribution in [3.05, 3.63) is 0 Å². The minimum absolute atomic E-state index is 0.508. The third-order valence-corrected chi connectivity index (χ3v) is 1.79. The van der Waals surface area contributed by atoms with Crippen LogP contribution in [-0.2, 0) is 4.74 Å². The highest BCUT2D eigenvalue weighted by molar-refractivity contribution is 4.77. The van der Waals surface area contributed by atoms with E-state index in [0.29, 0.717) is 12.1 Å². The Labute approximate surface area is 68.7 Å². The molecule has 0 amide bonds. The second-order valence-corrected chi connectivity index (χ2v) is 3.56. The van der Waals surface area contributed by atoms with Crippen LogP contribution in [0.4, 0.5) is 0 Å². The van der Waals surface area contributed by atoms with E-state index in [2.05, 4.69) is 31.2 Å². The van der Waals surface area contributed by atoms with Gasteiger partial charge in [-0.05, 0) is 21.0 Å². The van der Waals surface area contributed by atoms with E-state index in [9.17, 15) is 0 Å². The van der Waals surface area contributed by atoms with Gasteiger partial charge in [0.05, 0.1) is 13.2 Å². The van der Waals surface area contributed by atoms with E-state index in [-0.39, 0.29) is 0 Å². The van der Waals surface area contributed by atoms with Crippen LogP contribution in [0.5, 0.6) is 0 Å². The molecule has 0 aromatic heterocycles. The number of nitrogens with one attached hydrogen (secondary N) is 1. The summed E-state index contributed by atoms with van der Waals surface area (Å²) in [7, 11) is 4.17. The summed E-state index contributed by atoms with van der Waals surface area (Å²) in [6.45, 7) is 4.92. The molecule has 1 heterocycles. The van der Waals surface area contributed by atoms with Crippen LogP contribution in [0.2, 0.25) is 0 Å². The molecule has 3 nitrogen and oxygen atoms in total. The third kappa shape index (κ3) is 3.18. The van der Waals surface area contributed by atoms with Gasteiger partial charge < -0.3 is 15.0 Å². The number of likely N-dealkylation sites (N-methyl/N-ethyl adjacent to an activating group) is 1. The van der Waals surface area contributed by atoms with E-state index in [4.69, 9.17) is 4.74 Å². The van der Waals surface area contributed by atoms with E-state index < -0.39 is 0 Å². The molecule has 1 aliphatic rings. The van der Waals surface area contributed by atoms with Crippen molar-refractivity contribution in [3.8, 4) is 0 Å². The second kappa shape index (κ2) is 4.04. The van der Waals surface area contributed by atoms with E-state index >= 15 is 0 Å². The first kappa shape index (κ1) is 8.97. The van der Waals surface area contributed by atoms with Crippen molar-refractivity contribution < 1.29 is 4.74 Å².